The van der Waals surface area contributed by atoms with Crippen LogP contribution in [0.2, 0.25) is 0 Å². The molecule has 16 heavy (non-hydrogen) atoms. The number of piperidine rings is 1. The van der Waals surface area contributed by atoms with Crippen molar-refractivity contribution in [1.29, 1.82) is 0 Å². The first-order valence-electron chi connectivity index (χ1n) is 4.91. The third kappa shape index (κ3) is 2.27. The van der Waals surface area contributed by atoms with Crippen molar-refractivity contribution < 1.29 is 9.59 Å². The number of imide groups is 1. The molecule has 0 radical (unpaired) electrons. The number of carbonyl (C=O) groups excluding carboxylic acids is 2. The third-order valence-corrected chi connectivity index (χ3v) is 3.05. The largest absolute Gasteiger partial charge is 0.296 e. The molecule has 1 N–H and O–H groups in total. The van der Waals surface area contributed by atoms with Crippen molar-refractivity contribution in [1.82, 2.24) is 15.3 Å². The molecule has 1 unspecified atom stereocenters. The summed E-state index contributed by atoms with van der Waals surface area (Å²) in [5, 5.41) is 2.94. The molecule has 1 fully saturated rings. The zero-order valence-corrected chi connectivity index (χ0v) is 10.0. The Bertz CT molecular complexity index is 436. The molecule has 1 aromatic rings. The highest BCUT2D eigenvalue weighted by atomic mass is 79.9. The highest BCUT2D eigenvalue weighted by Gasteiger charge is 2.29. The van der Waals surface area contributed by atoms with Gasteiger partial charge in [0.15, 0.2) is 0 Å². The first-order valence-corrected chi connectivity index (χ1v) is 6.03. The van der Waals surface area contributed by atoms with E-state index in [4.69, 9.17) is 0 Å². The van der Waals surface area contributed by atoms with Gasteiger partial charge in [-0.15, -0.1) is 0 Å². The number of nitrogens with one attached hydrogen (secondary N) is 1. The van der Waals surface area contributed by atoms with Crippen molar-refractivity contribution in [3.05, 3.63) is 23.8 Å². The number of amides is 2. The van der Waals surface area contributed by atoms with Gasteiger partial charge in [0.1, 0.15) is 6.33 Å². The molecule has 0 bridgehead atoms. The van der Waals surface area contributed by atoms with E-state index in [1.165, 1.54) is 6.33 Å². The van der Waals surface area contributed by atoms with E-state index in [-0.39, 0.29) is 17.7 Å². The monoisotopic (exact) mass is 283 g/mol. The van der Waals surface area contributed by atoms with E-state index in [1.54, 1.807) is 6.07 Å². The molecule has 5 nitrogen and oxygen atoms in total. The van der Waals surface area contributed by atoms with Gasteiger partial charge in [-0.25, -0.2) is 9.97 Å². The van der Waals surface area contributed by atoms with Crippen molar-refractivity contribution in [2.45, 2.75) is 24.1 Å². The zero-order valence-electron chi connectivity index (χ0n) is 8.44. The molecule has 6 heteroatoms. The molecule has 2 heterocycles. The summed E-state index contributed by atoms with van der Waals surface area (Å²) in [6.45, 7) is 0. The van der Waals surface area contributed by atoms with Gasteiger partial charge in [0.05, 0.1) is 17.3 Å². The second-order valence-corrected chi connectivity index (χ2v) is 4.13. The van der Waals surface area contributed by atoms with Crippen LogP contribution in [0.25, 0.3) is 0 Å². The van der Waals surface area contributed by atoms with Crippen molar-refractivity contribution in [2.24, 2.45) is 0 Å². The summed E-state index contributed by atoms with van der Waals surface area (Å²) < 4.78 is 0. The minimum atomic E-state index is -0.335. The summed E-state index contributed by atoms with van der Waals surface area (Å²) in [7, 11) is 0. The van der Waals surface area contributed by atoms with Gasteiger partial charge in [-0.2, -0.15) is 0 Å². The molecule has 0 aromatic carbocycles. The molecule has 1 aliphatic rings. The van der Waals surface area contributed by atoms with Crippen LogP contribution in [0.3, 0.4) is 0 Å². The smallest absolute Gasteiger partial charge is 0.235 e. The number of hydrogen-bond donors (Lipinski definition) is 1. The predicted octanol–water partition coefficient (Wildman–Crippen LogP) is 0.892. The second-order valence-electron chi connectivity index (χ2n) is 3.57. The molecular weight excluding hydrogens is 274 g/mol. The molecule has 0 aliphatic carbocycles. The Kier molecular flexibility index (Phi) is 3.28. The highest BCUT2D eigenvalue weighted by molar-refractivity contribution is 9.08. The first-order chi connectivity index (χ1) is 7.70. The van der Waals surface area contributed by atoms with E-state index in [0.29, 0.717) is 23.9 Å². The quantitative estimate of drug-likeness (QED) is 0.646. The van der Waals surface area contributed by atoms with Crippen LogP contribution >= 0.6 is 15.9 Å². The zero-order chi connectivity index (χ0) is 11.5. The van der Waals surface area contributed by atoms with Crippen LogP contribution in [0, 0.1) is 0 Å². The van der Waals surface area contributed by atoms with Crippen molar-refractivity contribution in [3.8, 4) is 0 Å². The molecule has 1 aliphatic heterocycles. The summed E-state index contributed by atoms with van der Waals surface area (Å²) in [5.74, 6) is -0.815. The number of halogens is 1. The van der Waals surface area contributed by atoms with E-state index in [2.05, 4.69) is 31.2 Å². The Morgan fingerprint density at radius 1 is 1.44 bits per heavy atom. The molecule has 0 spiro atoms. The Morgan fingerprint density at radius 3 is 2.94 bits per heavy atom. The lowest BCUT2D eigenvalue weighted by Gasteiger charge is -2.20. The lowest BCUT2D eigenvalue weighted by atomic mass is 9.94. The van der Waals surface area contributed by atoms with Gasteiger partial charge in [0.25, 0.3) is 0 Å². The number of aromatic nitrogens is 2. The minimum Gasteiger partial charge on any atom is -0.296 e. The number of hydrogen-bond acceptors (Lipinski definition) is 4. The number of rotatable bonds is 2. The first kappa shape index (κ1) is 11.2. The van der Waals surface area contributed by atoms with Gasteiger partial charge in [0, 0.05) is 11.8 Å². The maximum absolute atomic E-state index is 11.6. The summed E-state index contributed by atoms with van der Waals surface area (Å²) in [4.78, 5) is 30.7. The van der Waals surface area contributed by atoms with Crippen LogP contribution in [-0.4, -0.2) is 21.8 Å². The van der Waals surface area contributed by atoms with Crippen molar-refractivity contribution in [3.63, 3.8) is 0 Å². The summed E-state index contributed by atoms with van der Waals surface area (Å²) in [5.41, 5.74) is 1.50. The Hall–Kier alpha value is -1.30. The van der Waals surface area contributed by atoms with Gasteiger partial charge in [-0.1, -0.05) is 15.9 Å². The van der Waals surface area contributed by atoms with Crippen LogP contribution in [-0.2, 0) is 14.9 Å². The molecule has 0 saturated carbocycles. The normalized spacial score (nSPS) is 20.7. The Labute approximate surface area is 101 Å². The van der Waals surface area contributed by atoms with E-state index in [0.717, 1.165) is 5.69 Å². The molecule has 1 aromatic heterocycles. The van der Waals surface area contributed by atoms with Crippen molar-refractivity contribution in [2.75, 3.05) is 0 Å². The Morgan fingerprint density at radius 2 is 2.25 bits per heavy atom. The molecule has 2 rings (SSSR count). The topological polar surface area (TPSA) is 72.0 Å². The average Bonchev–Trinajstić information content (AvgIpc) is 2.29. The van der Waals surface area contributed by atoms with Crippen LogP contribution < -0.4 is 5.32 Å². The van der Waals surface area contributed by atoms with E-state index in [1.807, 2.05) is 0 Å². The van der Waals surface area contributed by atoms with Crippen molar-refractivity contribution >= 4 is 27.7 Å². The maximum atomic E-state index is 11.6. The van der Waals surface area contributed by atoms with E-state index in [9.17, 15) is 9.59 Å². The standard InChI is InChI=1S/C10H10BrN3O2/c11-4-6-3-8(13-5-12-6)7-1-2-9(15)14-10(7)16/h3,5,7H,1-2,4H2,(H,14,15,16). The molecule has 1 atom stereocenters. The predicted molar refractivity (Wildman–Crippen MR) is 59.8 cm³/mol. The van der Waals surface area contributed by atoms with Crippen LogP contribution in [0.5, 0.6) is 0 Å². The van der Waals surface area contributed by atoms with Crippen LogP contribution in [0.15, 0.2) is 12.4 Å². The SMILES string of the molecule is O=C1CCC(c2cc(CBr)ncn2)C(=O)N1. The maximum Gasteiger partial charge on any atom is 0.235 e. The fraction of sp³-hybridized carbons (Fsp3) is 0.400. The third-order valence-electron chi connectivity index (χ3n) is 2.48. The van der Waals surface area contributed by atoms with Gasteiger partial charge in [-0.3, -0.25) is 14.9 Å². The van der Waals surface area contributed by atoms with E-state index < -0.39 is 0 Å². The number of nitrogens with zero attached hydrogens (tertiary/aromatic N) is 2. The van der Waals surface area contributed by atoms with Gasteiger partial charge in [-0.05, 0) is 12.5 Å². The molecule has 84 valence electrons. The lowest BCUT2D eigenvalue weighted by molar-refractivity contribution is -0.134. The van der Waals surface area contributed by atoms with Gasteiger partial charge in [0.2, 0.25) is 11.8 Å². The molecular formula is C10H10BrN3O2. The summed E-state index contributed by atoms with van der Waals surface area (Å²) in [6, 6.07) is 1.79. The van der Waals surface area contributed by atoms with Gasteiger partial charge >= 0.3 is 0 Å². The fourth-order valence-corrected chi connectivity index (χ4v) is 1.96. The summed E-state index contributed by atoms with van der Waals surface area (Å²) >= 11 is 3.30. The average molecular weight is 284 g/mol. The molecule has 1 saturated heterocycles. The van der Waals surface area contributed by atoms with Crippen LogP contribution in [0.1, 0.15) is 30.1 Å². The number of alkyl halides is 1. The molecule has 2 amide bonds. The fourth-order valence-electron chi connectivity index (χ4n) is 1.65. The van der Waals surface area contributed by atoms with Gasteiger partial charge < -0.3 is 0 Å². The minimum absolute atomic E-state index is 0.212. The lowest BCUT2D eigenvalue weighted by Crippen LogP contribution is -2.39. The Balaban J connectivity index is 2.23. The van der Waals surface area contributed by atoms with Crippen LogP contribution in [0.4, 0.5) is 0 Å². The second kappa shape index (κ2) is 4.69. The van der Waals surface area contributed by atoms with E-state index >= 15 is 0 Å². The summed E-state index contributed by atoms with van der Waals surface area (Å²) in [6.07, 6.45) is 2.32. The number of carbonyl (C=O) groups is 2. The highest BCUT2D eigenvalue weighted by Crippen LogP contribution is 2.23.